The molecule has 6 heteroatoms. The SMILES string of the molecule is Cc1cccc(NC(=O)C(C)OC(=O)CNC(=O)c2ccccc2)c1C. The molecule has 2 rings (SSSR count). The Labute approximate surface area is 152 Å². The smallest absolute Gasteiger partial charge is 0.326 e. The molecule has 0 radical (unpaired) electrons. The first-order valence-corrected chi connectivity index (χ1v) is 8.28. The molecule has 2 amide bonds. The number of hydrogen-bond acceptors (Lipinski definition) is 4. The van der Waals surface area contributed by atoms with Crippen molar-refractivity contribution in [1.82, 2.24) is 5.32 Å². The number of ether oxygens (including phenoxy) is 1. The third kappa shape index (κ3) is 5.17. The standard InChI is InChI=1S/C20H22N2O4/c1-13-8-7-11-17(14(13)2)22-19(24)15(3)26-18(23)12-21-20(25)16-9-5-4-6-10-16/h4-11,15H,12H2,1-3H3,(H,21,25)(H,22,24). The predicted molar refractivity (Wildman–Crippen MR) is 98.9 cm³/mol. The molecule has 2 aromatic rings. The highest BCUT2D eigenvalue weighted by atomic mass is 16.5. The van der Waals surface area contributed by atoms with E-state index in [9.17, 15) is 14.4 Å². The summed E-state index contributed by atoms with van der Waals surface area (Å²) < 4.78 is 5.08. The van der Waals surface area contributed by atoms with Gasteiger partial charge in [-0.2, -0.15) is 0 Å². The van der Waals surface area contributed by atoms with E-state index in [-0.39, 0.29) is 12.5 Å². The molecule has 26 heavy (non-hydrogen) atoms. The van der Waals surface area contributed by atoms with Crippen molar-refractivity contribution in [3.8, 4) is 0 Å². The normalized spacial score (nSPS) is 11.3. The van der Waals surface area contributed by atoms with Gasteiger partial charge in [0.05, 0.1) is 0 Å². The molecule has 2 aromatic carbocycles. The molecular formula is C20H22N2O4. The van der Waals surface area contributed by atoms with Crippen molar-refractivity contribution in [1.29, 1.82) is 0 Å². The molecule has 6 nitrogen and oxygen atoms in total. The fraction of sp³-hybridized carbons (Fsp3) is 0.250. The number of aryl methyl sites for hydroxylation is 1. The van der Waals surface area contributed by atoms with Crippen molar-refractivity contribution < 1.29 is 19.1 Å². The molecule has 1 unspecified atom stereocenters. The van der Waals surface area contributed by atoms with Crippen molar-refractivity contribution >= 4 is 23.5 Å². The number of hydrogen-bond donors (Lipinski definition) is 2. The highest BCUT2D eigenvalue weighted by Gasteiger charge is 2.19. The van der Waals surface area contributed by atoms with Gasteiger partial charge in [-0.3, -0.25) is 14.4 Å². The van der Waals surface area contributed by atoms with Gasteiger partial charge in [-0.15, -0.1) is 0 Å². The maximum Gasteiger partial charge on any atom is 0.326 e. The molecule has 0 saturated heterocycles. The van der Waals surface area contributed by atoms with E-state index in [0.29, 0.717) is 11.3 Å². The lowest BCUT2D eigenvalue weighted by atomic mass is 10.1. The number of carbonyl (C=O) groups excluding carboxylic acids is 3. The summed E-state index contributed by atoms with van der Waals surface area (Å²) in [5.41, 5.74) is 3.13. The lowest BCUT2D eigenvalue weighted by molar-refractivity contribution is -0.152. The minimum Gasteiger partial charge on any atom is -0.451 e. The van der Waals surface area contributed by atoms with E-state index in [1.165, 1.54) is 6.92 Å². The molecule has 0 fully saturated rings. The van der Waals surface area contributed by atoms with Crippen LogP contribution < -0.4 is 10.6 Å². The number of nitrogens with one attached hydrogen (secondary N) is 2. The van der Waals surface area contributed by atoms with Gasteiger partial charge in [0.25, 0.3) is 11.8 Å². The Kier molecular flexibility index (Phi) is 6.49. The number of esters is 1. The molecule has 0 aromatic heterocycles. The van der Waals surface area contributed by atoms with Gasteiger partial charge in [0.1, 0.15) is 6.54 Å². The first kappa shape index (κ1) is 19.2. The Balaban J connectivity index is 1.83. The summed E-state index contributed by atoms with van der Waals surface area (Å²) in [7, 11) is 0. The first-order chi connectivity index (χ1) is 12.4. The van der Waals surface area contributed by atoms with Crippen molar-refractivity contribution in [3.63, 3.8) is 0 Å². The van der Waals surface area contributed by atoms with E-state index in [1.807, 2.05) is 26.0 Å². The van der Waals surface area contributed by atoms with Crippen LogP contribution >= 0.6 is 0 Å². The minimum absolute atomic E-state index is 0.311. The molecule has 0 heterocycles. The monoisotopic (exact) mass is 354 g/mol. The molecule has 0 aliphatic heterocycles. The zero-order valence-corrected chi connectivity index (χ0v) is 15.0. The molecule has 0 aliphatic rings. The molecule has 0 aliphatic carbocycles. The van der Waals surface area contributed by atoms with E-state index < -0.39 is 18.0 Å². The van der Waals surface area contributed by atoms with Crippen LogP contribution in [-0.2, 0) is 14.3 Å². The maximum atomic E-state index is 12.2. The van der Waals surface area contributed by atoms with Crippen molar-refractivity contribution in [2.75, 3.05) is 11.9 Å². The number of carbonyl (C=O) groups is 3. The fourth-order valence-electron chi connectivity index (χ4n) is 2.26. The van der Waals surface area contributed by atoms with E-state index in [4.69, 9.17) is 4.74 Å². The Morgan fingerprint density at radius 1 is 1.00 bits per heavy atom. The third-order valence-electron chi connectivity index (χ3n) is 3.97. The van der Waals surface area contributed by atoms with Crippen LogP contribution in [-0.4, -0.2) is 30.4 Å². The number of amides is 2. The van der Waals surface area contributed by atoms with Crippen LogP contribution in [0.1, 0.15) is 28.4 Å². The topological polar surface area (TPSA) is 84.5 Å². The van der Waals surface area contributed by atoms with Crippen LogP contribution in [0.2, 0.25) is 0 Å². The number of benzene rings is 2. The summed E-state index contributed by atoms with van der Waals surface area (Å²) in [6, 6.07) is 14.1. The highest BCUT2D eigenvalue weighted by molar-refractivity contribution is 5.97. The highest BCUT2D eigenvalue weighted by Crippen LogP contribution is 2.18. The molecular weight excluding hydrogens is 332 g/mol. The molecule has 2 N–H and O–H groups in total. The van der Waals surface area contributed by atoms with Crippen LogP contribution in [0, 0.1) is 13.8 Å². The summed E-state index contributed by atoms with van der Waals surface area (Å²) >= 11 is 0. The van der Waals surface area contributed by atoms with Crippen LogP contribution in [0.4, 0.5) is 5.69 Å². The second-order valence-corrected chi connectivity index (χ2v) is 5.92. The number of rotatable bonds is 6. The van der Waals surface area contributed by atoms with Crippen molar-refractivity contribution in [2.45, 2.75) is 26.9 Å². The van der Waals surface area contributed by atoms with Gasteiger partial charge < -0.3 is 15.4 Å². The molecule has 0 bridgehead atoms. The molecule has 0 spiro atoms. The van der Waals surface area contributed by atoms with Gasteiger partial charge in [0.15, 0.2) is 6.10 Å². The lowest BCUT2D eigenvalue weighted by Crippen LogP contribution is -2.35. The fourth-order valence-corrected chi connectivity index (χ4v) is 2.26. The van der Waals surface area contributed by atoms with Crippen molar-refractivity contribution in [2.24, 2.45) is 0 Å². The summed E-state index contributed by atoms with van der Waals surface area (Å²) in [4.78, 5) is 35.9. The van der Waals surface area contributed by atoms with Crippen LogP contribution in [0.15, 0.2) is 48.5 Å². The first-order valence-electron chi connectivity index (χ1n) is 8.28. The van der Waals surface area contributed by atoms with Gasteiger partial charge in [-0.1, -0.05) is 30.3 Å². The third-order valence-corrected chi connectivity index (χ3v) is 3.97. The Bertz CT molecular complexity index is 803. The Morgan fingerprint density at radius 3 is 2.38 bits per heavy atom. The van der Waals surface area contributed by atoms with E-state index in [1.54, 1.807) is 36.4 Å². The van der Waals surface area contributed by atoms with Gasteiger partial charge in [0.2, 0.25) is 0 Å². The van der Waals surface area contributed by atoms with E-state index >= 15 is 0 Å². The van der Waals surface area contributed by atoms with Crippen LogP contribution in [0.25, 0.3) is 0 Å². The Morgan fingerprint density at radius 2 is 1.69 bits per heavy atom. The molecule has 1 atom stereocenters. The van der Waals surface area contributed by atoms with Gasteiger partial charge in [-0.25, -0.2) is 0 Å². The van der Waals surface area contributed by atoms with Gasteiger partial charge >= 0.3 is 5.97 Å². The zero-order chi connectivity index (χ0) is 19.1. The van der Waals surface area contributed by atoms with Gasteiger partial charge in [0, 0.05) is 11.3 Å². The summed E-state index contributed by atoms with van der Waals surface area (Å²) in [5, 5.41) is 5.21. The second-order valence-electron chi connectivity index (χ2n) is 5.92. The van der Waals surface area contributed by atoms with Crippen LogP contribution in [0.3, 0.4) is 0 Å². The van der Waals surface area contributed by atoms with Crippen molar-refractivity contribution in [3.05, 3.63) is 65.2 Å². The number of anilines is 1. The summed E-state index contributed by atoms with van der Waals surface area (Å²) in [6.07, 6.45) is -0.976. The second kappa shape index (κ2) is 8.80. The lowest BCUT2D eigenvalue weighted by Gasteiger charge is -2.15. The average Bonchev–Trinajstić information content (AvgIpc) is 2.64. The van der Waals surface area contributed by atoms with E-state index in [2.05, 4.69) is 10.6 Å². The Hall–Kier alpha value is -3.15. The zero-order valence-electron chi connectivity index (χ0n) is 15.0. The van der Waals surface area contributed by atoms with E-state index in [0.717, 1.165) is 11.1 Å². The minimum atomic E-state index is -0.976. The quantitative estimate of drug-likeness (QED) is 0.781. The van der Waals surface area contributed by atoms with Crippen LogP contribution in [0.5, 0.6) is 0 Å². The predicted octanol–water partition coefficient (Wildman–Crippen LogP) is 2.60. The summed E-state index contributed by atoms with van der Waals surface area (Å²) in [5.74, 6) is -1.49. The molecule has 0 saturated carbocycles. The summed E-state index contributed by atoms with van der Waals surface area (Å²) in [6.45, 7) is 5.02. The molecule has 136 valence electrons. The average molecular weight is 354 g/mol. The van der Waals surface area contributed by atoms with Gasteiger partial charge in [-0.05, 0) is 50.1 Å². The largest absolute Gasteiger partial charge is 0.451 e. The maximum absolute atomic E-state index is 12.2.